The number of hydrogen-bond acceptors (Lipinski definition) is 9. The molecule has 3 rings (SSSR count). The fraction of sp³-hybridized carbons (Fsp3) is 0.389. The molecule has 0 aliphatic carbocycles. The number of anilines is 1. The van der Waals surface area contributed by atoms with Crippen LogP contribution in [0.25, 0.3) is 11.3 Å². The molecule has 1 amide bonds. The van der Waals surface area contributed by atoms with Gasteiger partial charge in [0.25, 0.3) is 5.69 Å². The molecule has 1 aromatic heterocycles. The van der Waals surface area contributed by atoms with Crippen LogP contribution in [0.1, 0.15) is 16.6 Å². The summed E-state index contributed by atoms with van der Waals surface area (Å²) in [5.41, 5.74) is 0.509. The van der Waals surface area contributed by atoms with Gasteiger partial charge in [0.2, 0.25) is 5.91 Å². The highest BCUT2D eigenvalue weighted by Crippen LogP contribution is 2.33. The number of amides is 1. The Morgan fingerprint density at radius 2 is 2.14 bits per heavy atom. The second-order valence-corrected chi connectivity index (χ2v) is 7.16. The van der Waals surface area contributed by atoms with Gasteiger partial charge in [0.1, 0.15) is 4.88 Å². The number of nitro groups is 1. The van der Waals surface area contributed by atoms with Crippen molar-refractivity contribution in [1.82, 2.24) is 9.88 Å². The van der Waals surface area contributed by atoms with Gasteiger partial charge in [-0.25, -0.2) is 9.78 Å². The molecule has 2 heterocycles. The van der Waals surface area contributed by atoms with E-state index in [-0.39, 0.29) is 40.4 Å². The molecule has 1 saturated heterocycles. The summed E-state index contributed by atoms with van der Waals surface area (Å²) in [7, 11) is 0. The summed E-state index contributed by atoms with van der Waals surface area (Å²) in [6, 6.07) is 5.81. The van der Waals surface area contributed by atoms with E-state index in [9.17, 15) is 19.7 Å². The molecule has 1 aromatic carbocycles. The molecule has 0 unspecified atom stereocenters. The smallest absolute Gasteiger partial charge is 0.350 e. The van der Waals surface area contributed by atoms with Crippen molar-refractivity contribution in [3.63, 3.8) is 0 Å². The summed E-state index contributed by atoms with van der Waals surface area (Å²) in [6.07, 6.45) is 0. The molecule has 0 atom stereocenters. The Morgan fingerprint density at radius 1 is 1.38 bits per heavy atom. The molecule has 0 spiro atoms. The highest BCUT2D eigenvalue weighted by molar-refractivity contribution is 7.18. The highest BCUT2D eigenvalue weighted by atomic mass is 32.1. The Labute approximate surface area is 170 Å². The lowest BCUT2D eigenvalue weighted by Crippen LogP contribution is -2.41. The van der Waals surface area contributed by atoms with Crippen LogP contribution in [0.15, 0.2) is 24.3 Å². The minimum Gasteiger partial charge on any atom is -0.462 e. The summed E-state index contributed by atoms with van der Waals surface area (Å²) in [4.78, 5) is 41.7. The fourth-order valence-electron chi connectivity index (χ4n) is 2.79. The van der Waals surface area contributed by atoms with Crippen LogP contribution in [0, 0.1) is 10.1 Å². The van der Waals surface area contributed by atoms with E-state index < -0.39 is 10.9 Å². The molecule has 29 heavy (non-hydrogen) atoms. The zero-order chi connectivity index (χ0) is 20.8. The largest absolute Gasteiger partial charge is 0.462 e. The van der Waals surface area contributed by atoms with Gasteiger partial charge in [0, 0.05) is 30.8 Å². The number of carbonyl (C=O) groups excluding carboxylic acids is 2. The van der Waals surface area contributed by atoms with E-state index in [1.807, 2.05) is 4.90 Å². The molecular formula is C18H20N4O6S. The molecule has 2 aromatic rings. The number of benzene rings is 1. The number of non-ortho nitro benzene ring substituents is 1. The average Bonchev–Trinajstić information content (AvgIpc) is 3.13. The van der Waals surface area contributed by atoms with E-state index in [2.05, 4.69) is 10.3 Å². The number of nitrogens with zero attached hydrogens (tertiary/aromatic N) is 3. The van der Waals surface area contributed by atoms with E-state index in [0.717, 1.165) is 11.3 Å². The lowest BCUT2D eigenvalue weighted by Gasteiger charge is -2.25. The molecule has 0 radical (unpaired) electrons. The van der Waals surface area contributed by atoms with Gasteiger partial charge in [-0.2, -0.15) is 0 Å². The van der Waals surface area contributed by atoms with Gasteiger partial charge in [-0.15, -0.1) is 0 Å². The summed E-state index contributed by atoms with van der Waals surface area (Å²) in [5.74, 6) is -0.859. The standard InChI is InChI=1S/C18H20N4O6S/c1-2-28-17(24)16-15(12-4-3-5-13(10-12)22(25)26)20-18(29-16)19-14(23)11-21-6-8-27-9-7-21/h3-5,10H,2,6-9,11H2,1H3,(H,19,20,23). The summed E-state index contributed by atoms with van der Waals surface area (Å²) in [5, 5.41) is 14.0. The Morgan fingerprint density at radius 3 is 2.83 bits per heavy atom. The van der Waals surface area contributed by atoms with Crippen LogP contribution < -0.4 is 5.32 Å². The van der Waals surface area contributed by atoms with Crippen LogP contribution in [0.3, 0.4) is 0 Å². The van der Waals surface area contributed by atoms with Crippen molar-refractivity contribution in [3.8, 4) is 11.3 Å². The molecule has 1 N–H and O–H groups in total. The number of ether oxygens (including phenoxy) is 2. The second kappa shape index (κ2) is 9.54. The number of rotatable bonds is 7. The predicted octanol–water partition coefficient (Wildman–Crippen LogP) is 2.17. The third-order valence-corrected chi connectivity index (χ3v) is 5.09. The molecular weight excluding hydrogens is 400 g/mol. The topological polar surface area (TPSA) is 124 Å². The Kier molecular flexibility index (Phi) is 6.86. The fourth-order valence-corrected chi connectivity index (χ4v) is 3.69. The molecule has 0 bridgehead atoms. The number of nitro benzene ring substituents is 1. The van der Waals surface area contributed by atoms with Gasteiger partial charge in [0.15, 0.2) is 5.13 Å². The predicted molar refractivity (Wildman–Crippen MR) is 106 cm³/mol. The van der Waals surface area contributed by atoms with Crippen molar-refractivity contribution in [1.29, 1.82) is 0 Å². The van der Waals surface area contributed by atoms with Gasteiger partial charge in [0.05, 0.1) is 37.0 Å². The van der Waals surface area contributed by atoms with Crippen LogP contribution >= 0.6 is 11.3 Å². The average molecular weight is 420 g/mol. The molecule has 1 fully saturated rings. The molecule has 154 valence electrons. The maximum Gasteiger partial charge on any atom is 0.350 e. The summed E-state index contributed by atoms with van der Waals surface area (Å²) >= 11 is 0.976. The number of aromatic nitrogens is 1. The van der Waals surface area contributed by atoms with E-state index in [0.29, 0.717) is 31.9 Å². The van der Waals surface area contributed by atoms with Crippen molar-refractivity contribution in [2.75, 3.05) is 44.8 Å². The molecule has 1 aliphatic rings. The normalized spacial score (nSPS) is 14.4. The van der Waals surface area contributed by atoms with Crippen molar-refractivity contribution in [3.05, 3.63) is 39.3 Å². The number of nitrogens with one attached hydrogen (secondary N) is 1. The maximum atomic E-state index is 12.4. The van der Waals surface area contributed by atoms with E-state index in [1.54, 1.807) is 13.0 Å². The van der Waals surface area contributed by atoms with E-state index in [4.69, 9.17) is 9.47 Å². The zero-order valence-corrected chi connectivity index (χ0v) is 16.6. The third kappa shape index (κ3) is 5.34. The third-order valence-electron chi connectivity index (χ3n) is 4.14. The SMILES string of the molecule is CCOC(=O)c1sc(NC(=O)CN2CCOCC2)nc1-c1cccc([N+](=O)[O-])c1. The zero-order valence-electron chi connectivity index (χ0n) is 15.8. The first-order chi connectivity index (χ1) is 14.0. The number of carbonyl (C=O) groups is 2. The minimum absolute atomic E-state index is 0.122. The first kappa shape index (κ1) is 20.8. The highest BCUT2D eigenvalue weighted by Gasteiger charge is 2.23. The quantitative estimate of drug-likeness (QED) is 0.411. The molecule has 1 aliphatic heterocycles. The Balaban J connectivity index is 1.84. The summed E-state index contributed by atoms with van der Waals surface area (Å²) in [6.45, 7) is 4.52. The molecule has 0 saturated carbocycles. The van der Waals surface area contributed by atoms with Gasteiger partial charge >= 0.3 is 5.97 Å². The van der Waals surface area contributed by atoms with Crippen molar-refractivity contribution in [2.24, 2.45) is 0 Å². The second-order valence-electron chi connectivity index (χ2n) is 6.16. The van der Waals surface area contributed by atoms with Crippen LogP contribution in [0.5, 0.6) is 0 Å². The van der Waals surface area contributed by atoms with Crippen LogP contribution in [-0.4, -0.2) is 66.1 Å². The maximum absolute atomic E-state index is 12.4. The molecule has 10 nitrogen and oxygen atoms in total. The number of morpholine rings is 1. The molecule has 11 heteroatoms. The Hall–Kier alpha value is -2.89. The van der Waals surface area contributed by atoms with Crippen molar-refractivity contribution < 1.29 is 24.0 Å². The van der Waals surface area contributed by atoms with Gasteiger partial charge < -0.3 is 14.8 Å². The summed E-state index contributed by atoms with van der Waals surface area (Å²) < 4.78 is 10.3. The first-order valence-electron chi connectivity index (χ1n) is 9.00. The number of hydrogen-bond donors (Lipinski definition) is 1. The van der Waals surface area contributed by atoms with Gasteiger partial charge in [-0.1, -0.05) is 23.5 Å². The Bertz CT molecular complexity index is 910. The monoisotopic (exact) mass is 420 g/mol. The van der Waals surface area contributed by atoms with Crippen LogP contribution in [0.2, 0.25) is 0 Å². The number of esters is 1. The minimum atomic E-state index is -0.597. The lowest BCUT2D eigenvalue weighted by molar-refractivity contribution is -0.384. The van der Waals surface area contributed by atoms with E-state index in [1.165, 1.54) is 18.2 Å². The number of thiazole rings is 1. The van der Waals surface area contributed by atoms with Crippen LogP contribution in [-0.2, 0) is 14.3 Å². The lowest BCUT2D eigenvalue weighted by atomic mass is 10.1. The van der Waals surface area contributed by atoms with Gasteiger partial charge in [-0.05, 0) is 6.92 Å². The van der Waals surface area contributed by atoms with Crippen molar-refractivity contribution in [2.45, 2.75) is 6.92 Å². The van der Waals surface area contributed by atoms with Gasteiger partial charge in [-0.3, -0.25) is 19.8 Å². The first-order valence-corrected chi connectivity index (χ1v) is 9.82. The van der Waals surface area contributed by atoms with Crippen LogP contribution in [0.4, 0.5) is 10.8 Å². The van der Waals surface area contributed by atoms with E-state index >= 15 is 0 Å². The van der Waals surface area contributed by atoms with Crippen molar-refractivity contribution >= 4 is 34.0 Å².